The maximum Gasteiger partial charge on any atom is 0.230 e. The normalized spacial score (nSPS) is 11.0. The molecule has 26 heavy (non-hydrogen) atoms. The van der Waals surface area contributed by atoms with E-state index in [1.54, 1.807) is 34.4 Å². The molecule has 0 atom stereocenters. The second kappa shape index (κ2) is 9.35. The van der Waals surface area contributed by atoms with Gasteiger partial charge in [-0.05, 0) is 22.9 Å². The highest BCUT2D eigenvalue weighted by molar-refractivity contribution is 7.99. The summed E-state index contributed by atoms with van der Waals surface area (Å²) in [4.78, 5) is 17.8. The van der Waals surface area contributed by atoms with E-state index >= 15 is 0 Å². The first-order chi connectivity index (χ1) is 12.6. The van der Waals surface area contributed by atoms with Gasteiger partial charge in [0.05, 0.1) is 18.0 Å². The van der Waals surface area contributed by atoms with Crippen LogP contribution >= 0.6 is 34.4 Å². The Morgan fingerprint density at radius 2 is 2.00 bits per heavy atom. The zero-order chi connectivity index (χ0) is 18.4. The molecule has 1 aromatic carbocycles. The van der Waals surface area contributed by atoms with Gasteiger partial charge in [0.15, 0.2) is 0 Å². The van der Waals surface area contributed by atoms with Crippen molar-refractivity contribution in [2.75, 3.05) is 5.75 Å². The Bertz CT molecular complexity index is 823. The van der Waals surface area contributed by atoms with E-state index in [1.807, 2.05) is 17.5 Å². The first kappa shape index (κ1) is 19.1. The van der Waals surface area contributed by atoms with Crippen LogP contribution in [-0.4, -0.2) is 16.6 Å². The Kier molecular flexibility index (Phi) is 6.88. The third kappa shape index (κ3) is 5.43. The standard InChI is InChI=1S/C20H22N2OS3/c1-14(2)15-5-7-16(8-6-15)20-22-17(12-26-20)11-24-13-19(23)21-10-18-4-3-9-25-18/h3-9,12,14H,10-11,13H2,1-2H3,(H,21,23). The molecule has 2 aromatic heterocycles. The van der Waals surface area contributed by atoms with E-state index < -0.39 is 0 Å². The predicted molar refractivity (Wildman–Crippen MR) is 114 cm³/mol. The van der Waals surface area contributed by atoms with Crippen molar-refractivity contribution in [3.05, 3.63) is 63.3 Å². The molecule has 0 saturated heterocycles. The average molecular weight is 403 g/mol. The molecule has 0 radical (unpaired) electrons. The van der Waals surface area contributed by atoms with Gasteiger partial charge < -0.3 is 5.32 Å². The second-order valence-corrected chi connectivity index (χ2v) is 9.15. The van der Waals surface area contributed by atoms with E-state index in [4.69, 9.17) is 4.98 Å². The number of thiazole rings is 1. The fourth-order valence-electron chi connectivity index (χ4n) is 2.41. The van der Waals surface area contributed by atoms with Crippen LogP contribution in [0.5, 0.6) is 0 Å². The molecular formula is C20H22N2OS3. The number of nitrogens with one attached hydrogen (secondary N) is 1. The number of carbonyl (C=O) groups excluding carboxylic acids is 1. The molecule has 2 heterocycles. The molecule has 0 spiro atoms. The summed E-state index contributed by atoms with van der Waals surface area (Å²) in [5.41, 5.74) is 3.54. The van der Waals surface area contributed by atoms with Gasteiger partial charge in [0.1, 0.15) is 5.01 Å². The van der Waals surface area contributed by atoms with Crippen LogP contribution in [0.2, 0.25) is 0 Å². The van der Waals surface area contributed by atoms with Gasteiger partial charge in [-0.3, -0.25) is 4.79 Å². The number of carbonyl (C=O) groups is 1. The molecule has 0 unspecified atom stereocenters. The highest BCUT2D eigenvalue weighted by Gasteiger charge is 2.08. The van der Waals surface area contributed by atoms with Gasteiger partial charge in [-0.2, -0.15) is 0 Å². The molecule has 3 rings (SSSR count). The van der Waals surface area contributed by atoms with Crippen molar-refractivity contribution in [2.45, 2.75) is 32.1 Å². The van der Waals surface area contributed by atoms with E-state index in [0.29, 0.717) is 18.2 Å². The molecule has 136 valence electrons. The SMILES string of the molecule is CC(C)c1ccc(-c2nc(CSCC(=O)NCc3cccs3)cs2)cc1. The summed E-state index contributed by atoms with van der Waals surface area (Å²) in [6, 6.07) is 12.7. The zero-order valence-corrected chi connectivity index (χ0v) is 17.3. The molecule has 6 heteroatoms. The zero-order valence-electron chi connectivity index (χ0n) is 14.9. The number of rotatable bonds is 8. The summed E-state index contributed by atoms with van der Waals surface area (Å²) >= 11 is 4.92. The average Bonchev–Trinajstić information content (AvgIpc) is 3.32. The summed E-state index contributed by atoms with van der Waals surface area (Å²) in [6.45, 7) is 5.01. The number of benzene rings is 1. The highest BCUT2D eigenvalue weighted by Crippen LogP contribution is 2.27. The lowest BCUT2D eigenvalue weighted by atomic mass is 10.0. The summed E-state index contributed by atoms with van der Waals surface area (Å²) < 4.78 is 0. The Balaban J connectivity index is 1.45. The summed E-state index contributed by atoms with van der Waals surface area (Å²) in [5, 5.41) is 8.10. The molecule has 0 aliphatic rings. The molecule has 0 aliphatic heterocycles. The maximum absolute atomic E-state index is 11.9. The van der Waals surface area contributed by atoms with E-state index in [-0.39, 0.29) is 5.91 Å². The molecule has 0 aliphatic carbocycles. The molecule has 0 fully saturated rings. The van der Waals surface area contributed by atoms with Crippen LogP contribution in [0.25, 0.3) is 10.6 Å². The van der Waals surface area contributed by atoms with Crippen molar-refractivity contribution < 1.29 is 4.79 Å². The quantitative estimate of drug-likeness (QED) is 0.537. The van der Waals surface area contributed by atoms with Crippen molar-refractivity contribution in [2.24, 2.45) is 0 Å². The number of thiophene rings is 1. The van der Waals surface area contributed by atoms with Crippen molar-refractivity contribution in [1.82, 2.24) is 10.3 Å². The van der Waals surface area contributed by atoms with Crippen LogP contribution < -0.4 is 5.32 Å². The first-order valence-electron chi connectivity index (χ1n) is 8.53. The number of amides is 1. The third-order valence-corrected chi connectivity index (χ3v) is 6.68. The molecule has 1 N–H and O–H groups in total. The number of hydrogen-bond acceptors (Lipinski definition) is 5. The Hall–Kier alpha value is -1.63. The number of thioether (sulfide) groups is 1. The van der Waals surface area contributed by atoms with Crippen LogP contribution in [0.15, 0.2) is 47.2 Å². The van der Waals surface area contributed by atoms with Crippen LogP contribution in [0, 0.1) is 0 Å². The lowest BCUT2D eigenvalue weighted by molar-refractivity contribution is -0.118. The molecule has 3 aromatic rings. The Labute approximate surface area is 166 Å². The molecule has 1 amide bonds. The van der Waals surface area contributed by atoms with E-state index in [0.717, 1.165) is 22.0 Å². The lowest BCUT2D eigenvalue weighted by Gasteiger charge is -2.05. The van der Waals surface area contributed by atoms with E-state index in [1.165, 1.54) is 10.4 Å². The largest absolute Gasteiger partial charge is 0.350 e. The van der Waals surface area contributed by atoms with Crippen LogP contribution in [-0.2, 0) is 17.1 Å². The molecule has 0 bridgehead atoms. The van der Waals surface area contributed by atoms with Gasteiger partial charge in [-0.1, -0.05) is 44.2 Å². The van der Waals surface area contributed by atoms with Crippen LogP contribution in [0.4, 0.5) is 0 Å². The summed E-state index contributed by atoms with van der Waals surface area (Å²) in [6.07, 6.45) is 0. The van der Waals surface area contributed by atoms with Crippen molar-refractivity contribution in [1.29, 1.82) is 0 Å². The third-order valence-electron chi connectivity index (χ3n) is 3.90. The van der Waals surface area contributed by atoms with Crippen molar-refractivity contribution in [3.63, 3.8) is 0 Å². The van der Waals surface area contributed by atoms with Gasteiger partial charge in [0, 0.05) is 21.6 Å². The van der Waals surface area contributed by atoms with Gasteiger partial charge in [-0.15, -0.1) is 34.4 Å². The topological polar surface area (TPSA) is 42.0 Å². The smallest absolute Gasteiger partial charge is 0.230 e. The second-order valence-electron chi connectivity index (χ2n) is 6.27. The predicted octanol–water partition coefficient (Wildman–Crippen LogP) is 5.54. The van der Waals surface area contributed by atoms with Crippen molar-refractivity contribution >= 4 is 40.3 Å². The summed E-state index contributed by atoms with van der Waals surface area (Å²) in [7, 11) is 0. The first-order valence-corrected chi connectivity index (χ1v) is 11.4. The fraction of sp³-hybridized carbons (Fsp3) is 0.300. The van der Waals surface area contributed by atoms with Crippen molar-refractivity contribution in [3.8, 4) is 10.6 Å². The minimum absolute atomic E-state index is 0.0723. The maximum atomic E-state index is 11.9. The fourth-order valence-corrected chi connectivity index (χ4v) is 4.74. The number of nitrogens with zero attached hydrogens (tertiary/aromatic N) is 1. The Morgan fingerprint density at radius 3 is 2.69 bits per heavy atom. The minimum atomic E-state index is 0.0723. The van der Waals surface area contributed by atoms with Gasteiger partial charge >= 0.3 is 0 Å². The highest BCUT2D eigenvalue weighted by atomic mass is 32.2. The molecular weight excluding hydrogens is 380 g/mol. The monoisotopic (exact) mass is 402 g/mol. The van der Waals surface area contributed by atoms with E-state index in [2.05, 4.69) is 48.8 Å². The molecule has 3 nitrogen and oxygen atoms in total. The summed E-state index contributed by atoms with van der Waals surface area (Å²) in [5.74, 6) is 1.83. The van der Waals surface area contributed by atoms with Gasteiger partial charge in [-0.25, -0.2) is 4.98 Å². The minimum Gasteiger partial charge on any atom is -0.350 e. The number of hydrogen-bond donors (Lipinski definition) is 1. The van der Waals surface area contributed by atoms with Crippen LogP contribution in [0.3, 0.4) is 0 Å². The Morgan fingerprint density at radius 1 is 1.19 bits per heavy atom. The van der Waals surface area contributed by atoms with Gasteiger partial charge in [0.25, 0.3) is 0 Å². The number of aromatic nitrogens is 1. The lowest BCUT2D eigenvalue weighted by Crippen LogP contribution is -2.24. The molecule has 0 saturated carbocycles. The van der Waals surface area contributed by atoms with Crippen LogP contribution in [0.1, 0.15) is 35.9 Å². The van der Waals surface area contributed by atoms with Gasteiger partial charge in [0.2, 0.25) is 5.91 Å². The van der Waals surface area contributed by atoms with E-state index in [9.17, 15) is 4.79 Å².